The Morgan fingerprint density at radius 1 is 0.889 bits per heavy atom. The lowest BCUT2D eigenvalue weighted by atomic mass is 10.2. The summed E-state index contributed by atoms with van der Waals surface area (Å²) in [6, 6.07) is 7.42. The number of morpholine rings is 1. The SMILES string of the molecule is O=C(c1ccc2cccnc2n1)N1CCCN(C(=O)N2CCOCC2)CC1. The summed E-state index contributed by atoms with van der Waals surface area (Å²) in [7, 11) is 0. The molecule has 0 aromatic carbocycles. The number of amides is 3. The van der Waals surface area contributed by atoms with Crippen LogP contribution in [-0.4, -0.2) is 89.1 Å². The number of carbonyl (C=O) groups is 2. The van der Waals surface area contributed by atoms with Crippen molar-refractivity contribution >= 4 is 23.0 Å². The molecule has 8 nitrogen and oxygen atoms in total. The van der Waals surface area contributed by atoms with E-state index in [4.69, 9.17) is 4.74 Å². The fraction of sp³-hybridized carbons (Fsp3) is 0.474. The Labute approximate surface area is 157 Å². The highest BCUT2D eigenvalue weighted by Crippen LogP contribution is 2.14. The van der Waals surface area contributed by atoms with Crippen LogP contribution in [0.4, 0.5) is 4.79 Å². The predicted molar refractivity (Wildman–Crippen MR) is 99.4 cm³/mol. The zero-order chi connectivity index (χ0) is 18.6. The van der Waals surface area contributed by atoms with Crippen LogP contribution in [0.25, 0.3) is 11.0 Å². The Morgan fingerprint density at radius 3 is 2.48 bits per heavy atom. The quantitative estimate of drug-likeness (QED) is 0.755. The van der Waals surface area contributed by atoms with Gasteiger partial charge < -0.3 is 19.4 Å². The minimum absolute atomic E-state index is 0.0422. The van der Waals surface area contributed by atoms with Gasteiger partial charge in [0.25, 0.3) is 5.91 Å². The van der Waals surface area contributed by atoms with Crippen molar-refractivity contribution in [2.75, 3.05) is 52.5 Å². The van der Waals surface area contributed by atoms with E-state index < -0.39 is 0 Å². The van der Waals surface area contributed by atoms with E-state index in [2.05, 4.69) is 9.97 Å². The molecule has 0 aliphatic carbocycles. The van der Waals surface area contributed by atoms with E-state index in [0.717, 1.165) is 11.8 Å². The number of nitrogens with zero attached hydrogens (tertiary/aromatic N) is 5. The monoisotopic (exact) mass is 369 g/mol. The maximum Gasteiger partial charge on any atom is 0.320 e. The first-order chi connectivity index (χ1) is 13.2. The number of ether oxygens (including phenoxy) is 1. The van der Waals surface area contributed by atoms with Gasteiger partial charge >= 0.3 is 6.03 Å². The zero-order valence-corrected chi connectivity index (χ0v) is 15.2. The molecule has 142 valence electrons. The normalized spacial score (nSPS) is 18.4. The number of hydrogen-bond acceptors (Lipinski definition) is 5. The first-order valence-electron chi connectivity index (χ1n) is 9.35. The van der Waals surface area contributed by atoms with Gasteiger partial charge in [0.2, 0.25) is 0 Å². The minimum atomic E-state index is -0.108. The van der Waals surface area contributed by atoms with Gasteiger partial charge in [-0.25, -0.2) is 14.8 Å². The van der Waals surface area contributed by atoms with E-state index in [-0.39, 0.29) is 11.9 Å². The molecule has 0 N–H and O–H groups in total. The van der Waals surface area contributed by atoms with Gasteiger partial charge in [0, 0.05) is 50.9 Å². The van der Waals surface area contributed by atoms with E-state index >= 15 is 0 Å². The fourth-order valence-electron chi connectivity index (χ4n) is 3.50. The van der Waals surface area contributed by atoms with Crippen molar-refractivity contribution in [3.63, 3.8) is 0 Å². The molecule has 3 amide bonds. The lowest BCUT2D eigenvalue weighted by Gasteiger charge is -2.32. The smallest absolute Gasteiger partial charge is 0.320 e. The lowest BCUT2D eigenvalue weighted by molar-refractivity contribution is 0.0435. The number of pyridine rings is 2. The summed E-state index contributed by atoms with van der Waals surface area (Å²) in [5.41, 5.74) is 0.969. The molecule has 0 atom stereocenters. The van der Waals surface area contributed by atoms with E-state index in [1.54, 1.807) is 17.2 Å². The Hall–Kier alpha value is -2.74. The van der Waals surface area contributed by atoms with E-state index in [1.165, 1.54) is 0 Å². The summed E-state index contributed by atoms with van der Waals surface area (Å²) < 4.78 is 5.31. The first kappa shape index (κ1) is 17.7. The van der Waals surface area contributed by atoms with Gasteiger partial charge in [-0.05, 0) is 30.7 Å². The van der Waals surface area contributed by atoms with Crippen molar-refractivity contribution in [2.24, 2.45) is 0 Å². The predicted octanol–water partition coefficient (Wildman–Crippen LogP) is 1.23. The number of urea groups is 1. The molecule has 27 heavy (non-hydrogen) atoms. The molecule has 8 heteroatoms. The summed E-state index contributed by atoms with van der Waals surface area (Å²) >= 11 is 0. The number of carbonyl (C=O) groups excluding carboxylic acids is 2. The van der Waals surface area contributed by atoms with Crippen molar-refractivity contribution in [3.05, 3.63) is 36.2 Å². The Balaban J connectivity index is 1.42. The van der Waals surface area contributed by atoms with Crippen LogP contribution >= 0.6 is 0 Å². The van der Waals surface area contributed by atoms with Crippen LogP contribution in [0.15, 0.2) is 30.5 Å². The van der Waals surface area contributed by atoms with Crippen LogP contribution < -0.4 is 0 Å². The van der Waals surface area contributed by atoms with Crippen molar-refractivity contribution in [3.8, 4) is 0 Å². The summed E-state index contributed by atoms with van der Waals surface area (Å²) in [6.45, 7) is 4.76. The van der Waals surface area contributed by atoms with Crippen LogP contribution in [0.5, 0.6) is 0 Å². The molecule has 4 heterocycles. The summed E-state index contributed by atoms with van der Waals surface area (Å²) in [4.78, 5) is 39.6. The summed E-state index contributed by atoms with van der Waals surface area (Å²) in [5, 5.41) is 0.909. The van der Waals surface area contributed by atoms with Crippen LogP contribution in [0.3, 0.4) is 0 Å². The largest absolute Gasteiger partial charge is 0.378 e. The van der Waals surface area contributed by atoms with Crippen LogP contribution in [0, 0.1) is 0 Å². The van der Waals surface area contributed by atoms with Crippen LogP contribution in [0.2, 0.25) is 0 Å². The molecule has 2 saturated heterocycles. The first-order valence-corrected chi connectivity index (χ1v) is 9.35. The third kappa shape index (κ3) is 3.85. The molecule has 2 aliphatic rings. The minimum Gasteiger partial charge on any atom is -0.378 e. The van der Waals surface area contributed by atoms with E-state index in [9.17, 15) is 9.59 Å². The topological polar surface area (TPSA) is 78.9 Å². The second-order valence-electron chi connectivity index (χ2n) is 6.76. The standard InChI is InChI=1S/C19H23N5O3/c25-18(16-5-4-15-3-1-6-20-17(15)21-16)22-7-2-8-23(10-9-22)19(26)24-11-13-27-14-12-24/h1,3-6H,2,7-14H2. The highest BCUT2D eigenvalue weighted by molar-refractivity contribution is 5.94. The van der Waals surface area contributed by atoms with Crippen molar-refractivity contribution in [1.82, 2.24) is 24.7 Å². The van der Waals surface area contributed by atoms with E-state index in [0.29, 0.717) is 63.8 Å². The maximum absolute atomic E-state index is 12.9. The molecule has 0 saturated carbocycles. The average molecular weight is 369 g/mol. The highest BCUT2D eigenvalue weighted by Gasteiger charge is 2.27. The van der Waals surface area contributed by atoms with Gasteiger partial charge in [-0.1, -0.05) is 0 Å². The molecular formula is C19H23N5O3. The van der Waals surface area contributed by atoms with Crippen molar-refractivity contribution < 1.29 is 14.3 Å². The van der Waals surface area contributed by atoms with Gasteiger partial charge in [-0.15, -0.1) is 0 Å². The van der Waals surface area contributed by atoms with Gasteiger partial charge in [0.05, 0.1) is 13.2 Å². The van der Waals surface area contributed by atoms with Crippen LogP contribution in [-0.2, 0) is 4.74 Å². The van der Waals surface area contributed by atoms with Crippen molar-refractivity contribution in [1.29, 1.82) is 0 Å². The third-order valence-corrected chi connectivity index (χ3v) is 5.02. The number of hydrogen-bond donors (Lipinski definition) is 0. The lowest BCUT2D eigenvalue weighted by Crippen LogP contribution is -2.49. The molecule has 0 spiro atoms. The van der Waals surface area contributed by atoms with E-state index in [1.807, 2.05) is 28.0 Å². The van der Waals surface area contributed by atoms with Gasteiger partial charge in [-0.2, -0.15) is 0 Å². The zero-order valence-electron chi connectivity index (χ0n) is 15.2. The summed E-state index contributed by atoms with van der Waals surface area (Å²) in [5.74, 6) is -0.108. The van der Waals surface area contributed by atoms with Gasteiger partial charge in [0.15, 0.2) is 5.65 Å². The highest BCUT2D eigenvalue weighted by atomic mass is 16.5. The molecule has 0 bridgehead atoms. The molecule has 2 aliphatic heterocycles. The summed E-state index contributed by atoms with van der Waals surface area (Å²) in [6.07, 6.45) is 2.43. The second kappa shape index (κ2) is 7.87. The molecule has 0 unspecified atom stereocenters. The fourth-order valence-corrected chi connectivity index (χ4v) is 3.50. The van der Waals surface area contributed by atoms with Crippen molar-refractivity contribution in [2.45, 2.75) is 6.42 Å². The van der Waals surface area contributed by atoms with Crippen LogP contribution in [0.1, 0.15) is 16.9 Å². The maximum atomic E-state index is 12.9. The number of aromatic nitrogens is 2. The molecule has 2 aromatic heterocycles. The average Bonchev–Trinajstić information content (AvgIpc) is 2.99. The third-order valence-electron chi connectivity index (χ3n) is 5.02. The molecule has 0 radical (unpaired) electrons. The number of fused-ring (bicyclic) bond motifs is 1. The molecule has 4 rings (SSSR count). The molecule has 2 aromatic rings. The second-order valence-corrected chi connectivity index (χ2v) is 6.76. The molecule has 2 fully saturated rings. The Morgan fingerprint density at radius 2 is 1.63 bits per heavy atom. The Kier molecular flexibility index (Phi) is 5.15. The molecular weight excluding hydrogens is 346 g/mol. The van der Waals surface area contributed by atoms with Gasteiger partial charge in [-0.3, -0.25) is 4.79 Å². The Bertz CT molecular complexity index is 837. The van der Waals surface area contributed by atoms with Gasteiger partial charge in [0.1, 0.15) is 5.69 Å². The number of rotatable bonds is 1.